The zero-order valence-electron chi connectivity index (χ0n) is 10.7. The average Bonchev–Trinajstić information content (AvgIpc) is 2.25. The topological polar surface area (TPSA) is 3.24 Å². The summed E-state index contributed by atoms with van der Waals surface area (Å²) in [6.45, 7) is 16.0. The van der Waals surface area contributed by atoms with Crippen LogP contribution < -0.4 is 0 Å². The van der Waals surface area contributed by atoms with Crippen LogP contribution in [0.15, 0.2) is 12.7 Å². The third-order valence-electron chi connectivity index (χ3n) is 2.26. The van der Waals surface area contributed by atoms with Crippen molar-refractivity contribution in [3.63, 3.8) is 0 Å². The predicted octanol–water partition coefficient (Wildman–Crippen LogP) is 4.10. The summed E-state index contributed by atoms with van der Waals surface area (Å²) in [7, 11) is 0. The van der Waals surface area contributed by atoms with Gasteiger partial charge in [0.25, 0.3) is 0 Å². The highest BCUT2D eigenvalue weighted by Crippen LogP contribution is 1.96. The lowest BCUT2D eigenvalue weighted by Gasteiger charge is -2.16. The highest BCUT2D eigenvalue weighted by atomic mass is 15.1. The summed E-state index contributed by atoms with van der Waals surface area (Å²) in [5.74, 6) is 0. The van der Waals surface area contributed by atoms with Crippen molar-refractivity contribution >= 4 is 0 Å². The predicted molar refractivity (Wildman–Crippen MR) is 67.8 cm³/mol. The second kappa shape index (κ2) is 15.2. The molecule has 0 aromatic heterocycles. The van der Waals surface area contributed by atoms with Crippen LogP contribution in [0.2, 0.25) is 0 Å². The molecule has 0 aliphatic carbocycles. The van der Waals surface area contributed by atoms with Gasteiger partial charge in [0.1, 0.15) is 0 Å². The second-order valence-electron chi connectivity index (χ2n) is 3.43. The molecule has 86 valence electrons. The summed E-state index contributed by atoms with van der Waals surface area (Å²) in [6.07, 6.45) is 7.05. The summed E-state index contributed by atoms with van der Waals surface area (Å²) >= 11 is 0. The van der Waals surface area contributed by atoms with E-state index in [0.717, 1.165) is 6.42 Å². The quantitative estimate of drug-likeness (QED) is 0.441. The van der Waals surface area contributed by atoms with E-state index in [0.29, 0.717) is 0 Å². The van der Waals surface area contributed by atoms with E-state index in [1.165, 1.54) is 38.9 Å². The van der Waals surface area contributed by atoms with E-state index in [-0.39, 0.29) is 0 Å². The van der Waals surface area contributed by atoms with Crippen molar-refractivity contribution in [2.24, 2.45) is 0 Å². The van der Waals surface area contributed by atoms with E-state index in [1.54, 1.807) is 0 Å². The van der Waals surface area contributed by atoms with Crippen molar-refractivity contribution in [1.29, 1.82) is 0 Å². The van der Waals surface area contributed by atoms with Crippen molar-refractivity contribution in [2.75, 3.05) is 19.6 Å². The van der Waals surface area contributed by atoms with Crippen molar-refractivity contribution in [3.05, 3.63) is 12.7 Å². The minimum absolute atomic E-state index is 1.08. The van der Waals surface area contributed by atoms with Crippen LogP contribution in [-0.4, -0.2) is 24.5 Å². The van der Waals surface area contributed by atoms with Crippen molar-refractivity contribution in [3.8, 4) is 0 Å². The Labute approximate surface area is 91.2 Å². The van der Waals surface area contributed by atoms with Crippen molar-refractivity contribution < 1.29 is 0 Å². The SMILES string of the molecule is C=CCC.CCCCCN(CC)CC. The van der Waals surface area contributed by atoms with Crippen LogP contribution in [0.1, 0.15) is 53.4 Å². The van der Waals surface area contributed by atoms with Crippen LogP contribution in [0.3, 0.4) is 0 Å². The number of hydrogen-bond acceptors (Lipinski definition) is 1. The van der Waals surface area contributed by atoms with E-state index in [2.05, 4.69) is 39.2 Å². The van der Waals surface area contributed by atoms with Gasteiger partial charge in [-0.3, -0.25) is 0 Å². The van der Waals surface area contributed by atoms with Crippen LogP contribution in [0.4, 0.5) is 0 Å². The molecule has 0 saturated heterocycles. The molecule has 0 aromatic rings. The average molecular weight is 199 g/mol. The Balaban J connectivity index is 0. The molecule has 1 heteroatoms. The Morgan fingerprint density at radius 2 is 1.50 bits per heavy atom. The molecule has 0 atom stereocenters. The molecule has 0 unspecified atom stereocenters. The van der Waals surface area contributed by atoms with Crippen molar-refractivity contribution in [2.45, 2.75) is 53.4 Å². The summed E-state index contributed by atoms with van der Waals surface area (Å²) in [6, 6.07) is 0. The maximum Gasteiger partial charge on any atom is -0.00190 e. The van der Waals surface area contributed by atoms with Gasteiger partial charge in [0.15, 0.2) is 0 Å². The van der Waals surface area contributed by atoms with Gasteiger partial charge < -0.3 is 4.90 Å². The highest BCUT2D eigenvalue weighted by Gasteiger charge is 1.95. The molecule has 0 aromatic carbocycles. The van der Waals surface area contributed by atoms with Crippen LogP contribution in [0.25, 0.3) is 0 Å². The minimum atomic E-state index is 1.08. The monoisotopic (exact) mass is 199 g/mol. The maximum atomic E-state index is 3.48. The Hall–Kier alpha value is -0.300. The van der Waals surface area contributed by atoms with E-state index in [1.807, 2.05) is 6.08 Å². The first-order valence-electron chi connectivity index (χ1n) is 6.09. The smallest absolute Gasteiger partial charge is 0.00190 e. The molecule has 0 aliphatic heterocycles. The minimum Gasteiger partial charge on any atom is -0.304 e. The number of rotatable bonds is 7. The molecule has 0 bridgehead atoms. The lowest BCUT2D eigenvalue weighted by atomic mass is 10.2. The molecule has 0 heterocycles. The van der Waals surface area contributed by atoms with Gasteiger partial charge >= 0.3 is 0 Å². The second-order valence-corrected chi connectivity index (χ2v) is 3.43. The molecule has 0 saturated carbocycles. The van der Waals surface area contributed by atoms with Gasteiger partial charge in [-0.05, 0) is 32.5 Å². The van der Waals surface area contributed by atoms with Crippen LogP contribution in [-0.2, 0) is 0 Å². The number of nitrogens with zero attached hydrogens (tertiary/aromatic N) is 1. The summed E-state index contributed by atoms with van der Waals surface area (Å²) in [5.41, 5.74) is 0. The third kappa shape index (κ3) is 14.2. The fourth-order valence-corrected chi connectivity index (χ4v) is 1.13. The zero-order valence-corrected chi connectivity index (χ0v) is 10.7. The maximum absolute atomic E-state index is 3.48. The molecule has 0 fully saturated rings. The van der Waals surface area contributed by atoms with Gasteiger partial charge in [0.2, 0.25) is 0 Å². The fraction of sp³-hybridized carbons (Fsp3) is 0.846. The molecule has 0 spiro atoms. The summed E-state index contributed by atoms with van der Waals surface area (Å²) in [5, 5.41) is 0. The highest BCUT2D eigenvalue weighted by molar-refractivity contribution is 4.60. The third-order valence-corrected chi connectivity index (χ3v) is 2.26. The van der Waals surface area contributed by atoms with Crippen LogP contribution in [0.5, 0.6) is 0 Å². The molecule has 0 amide bonds. The first-order valence-corrected chi connectivity index (χ1v) is 6.09. The molecule has 0 aliphatic rings. The molecule has 1 nitrogen and oxygen atoms in total. The van der Waals surface area contributed by atoms with Gasteiger partial charge in [-0.15, -0.1) is 6.58 Å². The first-order chi connectivity index (χ1) is 6.76. The molecule has 0 N–H and O–H groups in total. The van der Waals surface area contributed by atoms with Crippen LogP contribution in [0, 0.1) is 0 Å². The Morgan fingerprint density at radius 3 is 1.79 bits per heavy atom. The van der Waals surface area contributed by atoms with Gasteiger partial charge in [-0.1, -0.05) is 46.6 Å². The Bertz CT molecular complexity index is 95.4. The standard InChI is InChI=1S/C9H21N.C4H8/c1-4-7-8-9-10(5-2)6-3;1-3-4-2/h4-9H2,1-3H3;3H,1,4H2,2H3. The Morgan fingerprint density at radius 1 is 1.00 bits per heavy atom. The lowest BCUT2D eigenvalue weighted by Crippen LogP contribution is -2.23. The number of hydrogen-bond donors (Lipinski definition) is 0. The molecule has 0 rings (SSSR count). The number of unbranched alkanes of at least 4 members (excludes halogenated alkanes) is 2. The van der Waals surface area contributed by atoms with Gasteiger partial charge in [-0.25, -0.2) is 0 Å². The van der Waals surface area contributed by atoms with E-state index in [9.17, 15) is 0 Å². The van der Waals surface area contributed by atoms with E-state index >= 15 is 0 Å². The summed E-state index contributed by atoms with van der Waals surface area (Å²) < 4.78 is 0. The number of allylic oxidation sites excluding steroid dienone is 1. The largest absolute Gasteiger partial charge is 0.304 e. The van der Waals surface area contributed by atoms with E-state index < -0.39 is 0 Å². The first kappa shape index (κ1) is 16.1. The van der Waals surface area contributed by atoms with Gasteiger partial charge in [0.05, 0.1) is 0 Å². The fourth-order valence-electron chi connectivity index (χ4n) is 1.13. The Kier molecular flexibility index (Phi) is 17.5. The van der Waals surface area contributed by atoms with Gasteiger partial charge in [-0.2, -0.15) is 0 Å². The summed E-state index contributed by atoms with van der Waals surface area (Å²) in [4.78, 5) is 2.48. The molecule has 14 heavy (non-hydrogen) atoms. The van der Waals surface area contributed by atoms with E-state index in [4.69, 9.17) is 0 Å². The van der Waals surface area contributed by atoms with Crippen LogP contribution >= 0.6 is 0 Å². The van der Waals surface area contributed by atoms with Gasteiger partial charge in [0, 0.05) is 0 Å². The zero-order chi connectivity index (χ0) is 11.2. The van der Waals surface area contributed by atoms with Crippen molar-refractivity contribution in [1.82, 2.24) is 4.90 Å². The lowest BCUT2D eigenvalue weighted by molar-refractivity contribution is 0.296. The normalized spacial score (nSPS) is 9.50. The molecule has 0 radical (unpaired) electrons. The molecular weight excluding hydrogens is 170 g/mol. The molecular formula is C13H29N.